The van der Waals surface area contributed by atoms with E-state index in [1.165, 1.54) is 0 Å². The molecule has 0 fully saturated rings. The first-order valence-corrected chi connectivity index (χ1v) is 19.8. The maximum absolute atomic E-state index is 14.4. The van der Waals surface area contributed by atoms with Gasteiger partial charge in [-0.15, -0.1) is 11.8 Å². The molecule has 13 heteroatoms. The molecule has 294 valence electrons. The van der Waals surface area contributed by atoms with Crippen molar-refractivity contribution >= 4 is 53.0 Å². The van der Waals surface area contributed by atoms with Gasteiger partial charge in [0.05, 0.1) is 0 Å². The lowest BCUT2D eigenvalue weighted by molar-refractivity contribution is -0.142. The van der Waals surface area contributed by atoms with Crippen LogP contribution in [0, 0.1) is 0 Å². The van der Waals surface area contributed by atoms with Crippen LogP contribution in [-0.4, -0.2) is 70.0 Å². The topological polar surface area (TPSA) is 183 Å². The van der Waals surface area contributed by atoms with E-state index in [1.54, 1.807) is 60.3 Å². The number of carbonyl (C=O) groups excluding carboxylic acids is 5. The molecule has 3 heterocycles. The zero-order valence-electron chi connectivity index (χ0n) is 31.2. The SMILES string of the molecule is O=C1CCC(=O)N[C@@H](CC2CC=CS2)C(=O)N[C@H](Cc2ccc(-c3ccccc3)cc2)C(=O)N[C@H](Cc2ccccc2)C(=O)N[C@@H](C(=O)O)Cc2ccc(cc2)N1. The molecule has 3 aliphatic heterocycles. The third-order valence-corrected chi connectivity index (χ3v) is 11.0. The molecule has 4 aromatic rings. The second-order valence-electron chi connectivity index (χ2n) is 14.1. The molecule has 57 heavy (non-hydrogen) atoms. The zero-order valence-corrected chi connectivity index (χ0v) is 32.0. The normalized spacial score (nSPS) is 22.3. The lowest BCUT2D eigenvalue weighted by Gasteiger charge is -2.27. The van der Waals surface area contributed by atoms with Crippen molar-refractivity contribution in [2.45, 2.75) is 74.4 Å². The molecule has 0 aromatic heterocycles. The van der Waals surface area contributed by atoms with E-state index >= 15 is 0 Å². The van der Waals surface area contributed by atoms with Gasteiger partial charge in [-0.05, 0) is 58.2 Å². The third-order valence-electron chi connectivity index (χ3n) is 9.84. The lowest BCUT2D eigenvalue weighted by Crippen LogP contribution is -2.59. The van der Waals surface area contributed by atoms with Gasteiger partial charge in [-0.3, -0.25) is 24.0 Å². The first-order chi connectivity index (χ1) is 27.6. The zero-order chi connectivity index (χ0) is 40.1. The van der Waals surface area contributed by atoms with E-state index in [4.69, 9.17) is 0 Å². The summed E-state index contributed by atoms with van der Waals surface area (Å²) in [5.41, 5.74) is 4.44. The summed E-state index contributed by atoms with van der Waals surface area (Å²) >= 11 is 1.54. The maximum atomic E-state index is 14.4. The Labute approximate surface area is 335 Å². The molecule has 6 N–H and O–H groups in total. The molecule has 0 radical (unpaired) electrons. The third kappa shape index (κ3) is 11.9. The minimum atomic E-state index is -1.35. The van der Waals surface area contributed by atoms with Gasteiger partial charge in [-0.25, -0.2) is 4.79 Å². The first kappa shape index (κ1) is 40.5. The molecule has 1 unspecified atom stereocenters. The van der Waals surface area contributed by atoms with Crippen molar-refractivity contribution in [3.63, 3.8) is 0 Å². The highest BCUT2D eigenvalue weighted by Crippen LogP contribution is 2.28. The first-order valence-electron chi connectivity index (χ1n) is 18.9. The number of anilines is 1. The van der Waals surface area contributed by atoms with Crippen molar-refractivity contribution in [2.75, 3.05) is 5.32 Å². The molecule has 2 bridgehead atoms. The molecule has 0 saturated carbocycles. The number of hydrogen-bond acceptors (Lipinski definition) is 7. The van der Waals surface area contributed by atoms with Crippen molar-refractivity contribution in [3.05, 3.63) is 137 Å². The summed E-state index contributed by atoms with van der Waals surface area (Å²) in [6.07, 6.45) is 2.62. The van der Waals surface area contributed by atoms with E-state index in [2.05, 4.69) is 26.6 Å². The number of carboxylic acids is 1. The summed E-state index contributed by atoms with van der Waals surface area (Å²) in [4.78, 5) is 81.1. The van der Waals surface area contributed by atoms with Crippen molar-refractivity contribution in [3.8, 4) is 11.1 Å². The number of carbonyl (C=O) groups is 6. The quantitative estimate of drug-likeness (QED) is 0.141. The van der Waals surface area contributed by atoms with Crippen LogP contribution in [0.15, 0.2) is 121 Å². The van der Waals surface area contributed by atoms with Crippen LogP contribution in [0.4, 0.5) is 5.69 Å². The van der Waals surface area contributed by atoms with Crippen molar-refractivity contribution in [2.24, 2.45) is 0 Å². The summed E-state index contributed by atoms with van der Waals surface area (Å²) in [7, 11) is 0. The number of benzene rings is 4. The van der Waals surface area contributed by atoms with E-state index in [9.17, 15) is 33.9 Å². The predicted octanol–water partition coefficient (Wildman–Crippen LogP) is 4.55. The molecule has 0 saturated heterocycles. The number of thioether (sulfide) groups is 1. The number of amides is 5. The summed E-state index contributed by atoms with van der Waals surface area (Å²) in [5.74, 6) is -4.18. The number of carboxylic acid groups (broad SMARTS) is 1. The summed E-state index contributed by atoms with van der Waals surface area (Å²) < 4.78 is 0. The number of allylic oxidation sites excluding steroid dienone is 1. The van der Waals surface area contributed by atoms with Gasteiger partial charge in [0.1, 0.15) is 24.2 Å². The van der Waals surface area contributed by atoms with Crippen molar-refractivity contribution in [1.82, 2.24) is 21.3 Å². The molecule has 5 amide bonds. The summed E-state index contributed by atoms with van der Waals surface area (Å²) in [6, 6.07) is 28.1. The van der Waals surface area contributed by atoms with Crippen LogP contribution < -0.4 is 26.6 Å². The highest BCUT2D eigenvalue weighted by molar-refractivity contribution is 8.03. The van der Waals surface area contributed by atoms with Gasteiger partial charge >= 0.3 is 5.97 Å². The van der Waals surface area contributed by atoms with Gasteiger partial charge in [-0.1, -0.05) is 103 Å². The predicted molar refractivity (Wildman–Crippen MR) is 219 cm³/mol. The minimum Gasteiger partial charge on any atom is -0.480 e. The van der Waals surface area contributed by atoms with E-state index in [0.717, 1.165) is 22.3 Å². The lowest BCUT2D eigenvalue weighted by atomic mass is 9.99. The molecule has 0 aliphatic carbocycles. The van der Waals surface area contributed by atoms with Crippen LogP contribution in [0.5, 0.6) is 0 Å². The van der Waals surface area contributed by atoms with Crippen LogP contribution >= 0.6 is 11.8 Å². The standard InChI is InChI=1S/C44H45N5O7S/c50-39-21-22-40(51)46-37(27-34-12-7-23-57-34)43(54)48-36(25-29-13-17-32(18-14-29)31-10-5-2-6-11-31)41(52)47-35(24-28-8-3-1-4-9-28)42(53)49-38(44(55)56)26-30-15-19-33(45-39)20-16-30/h1-11,13-20,23,34-38H,12,21-22,24-27H2,(H,45,50)(H,46,51)(H,47,52)(H,48,54)(H,49,53)(H,55,56)/t34?,35-,36-,37+,38-/m1/s1. The van der Waals surface area contributed by atoms with Crippen molar-refractivity contribution < 1.29 is 33.9 Å². The molecule has 7 rings (SSSR count). The van der Waals surface area contributed by atoms with Crippen LogP contribution in [-0.2, 0) is 48.0 Å². The van der Waals surface area contributed by atoms with Crippen molar-refractivity contribution in [1.29, 1.82) is 0 Å². The van der Waals surface area contributed by atoms with E-state index in [-0.39, 0.29) is 43.8 Å². The van der Waals surface area contributed by atoms with Gasteiger partial charge in [-0.2, -0.15) is 0 Å². The monoisotopic (exact) mass is 787 g/mol. The fraction of sp³-hybridized carbons (Fsp3) is 0.273. The molecule has 5 atom stereocenters. The smallest absolute Gasteiger partial charge is 0.326 e. The number of nitrogens with one attached hydrogen (secondary N) is 5. The number of rotatable bonds is 8. The average Bonchev–Trinajstić information content (AvgIpc) is 3.73. The fourth-order valence-electron chi connectivity index (χ4n) is 6.74. The summed E-state index contributed by atoms with van der Waals surface area (Å²) in [6.45, 7) is 0. The molecule has 12 nitrogen and oxygen atoms in total. The number of aliphatic carboxylic acids is 1. The highest BCUT2D eigenvalue weighted by atomic mass is 32.2. The van der Waals surface area contributed by atoms with Crippen LogP contribution in [0.2, 0.25) is 0 Å². The molecular formula is C44H45N5O7S. The Morgan fingerprint density at radius 2 is 1.18 bits per heavy atom. The Balaban J connectivity index is 1.33. The Morgan fingerprint density at radius 1 is 0.614 bits per heavy atom. The van der Waals surface area contributed by atoms with Gasteiger partial charge in [0.2, 0.25) is 29.5 Å². The van der Waals surface area contributed by atoms with Gasteiger partial charge < -0.3 is 31.7 Å². The second kappa shape index (κ2) is 19.6. The molecule has 4 aromatic carbocycles. The van der Waals surface area contributed by atoms with Gasteiger partial charge in [0.25, 0.3) is 0 Å². The highest BCUT2D eigenvalue weighted by Gasteiger charge is 2.33. The largest absolute Gasteiger partial charge is 0.480 e. The van der Waals surface area contributed by atoms with Crippen LogP contribution in [0.25, 0.3) is 11.1 Å². The second-order valence-corrected chi connectivity index (χ2v) is 15.4. The Kier molecular flexibility index (Phi) is 13.9. The Hall–Kier alpha value is -6.21. The Bertz CT molecular complexity index is 2070. The minimum absolute atomic E-state index is 0.000681. The van der Waals surface area contributed by atoms with E-state index < -0.39 is 59.7 Å². The number of hydrogen-bond donors (Lipinski definition) is 6. The average molecular weight is 788 g/mol. The van der Waals surface area contributed by atoms with E-state index in [0.29, 0.717) is 17.7 Å². The summed E-state index contributed by atoms with van der Waals surface area (Å²) in [5, 5.41) is 25.9. The molecular weight excluding hydrogens is 743 g/mol. The van der Waals surface area contributed by atoms with Crippen LogP contribution in [0.3, 0.4) is 0 Å². The molecule has 0 spiro atoms. The Morgan fingerprint density at radius 3 is 1.79 bits per heavy atom. The van der Waals surface area contributed by atoms with Gasteiger partial charge in [0, 0.05) is 43.0 Å². The maximum Gasteiger partial charge on any atom is 0.326 e. The molecule has 3 aliphatic rings. The fourth-order valence-corrected chi connectivity index (χ4v) is 7.71. The van der Waals surface area contributed by atoms with Gasteiger partial charge in [0.15, 0.2) is 0 Å². The number of fused-ring (bicyclic) bond motifs is 18. The van der Waals surface area contributed by atoms with Crippen LogP contribution in [0.1, 0.15) is 42.4 Å². The van der Waals surface area contributed by atoms with E-state index in [1.807, 2.05) is 72.1 Å².